The lowest BCUT2D eigenvalue weighted by atomic mass is 9.94. The number of rotatable bonds is 5. The van der Waals surface area contributed by atoms with Crippen LogP contribution >= 0.6 is 0 Å². The Hall–Kier alpha value is -4.28. The molecule has 1 N–H and O–H groups in total. The van der Waals surface area contributed by atoms with Crippen molar-refractivity contribution in [1.82, 2.24) is 34.3 Å². The summed E-state index contributed by atoms with van der Waals surface area (Å²) in [7, 11) is 1.89. The van der Waals surface area contributed by atoms with Gasteiger partial charge < -0.3 is 15.0 Å². The number of likely N-dealkylation sites (tertiary alicyclic amines) is 1. The van der Waals surface area contributed by atoms with Crippen molar-refractivity contribution >= 4 is 29.1 Å². The SMILES string of the molecule is Cn1cc(-c2cnn3c(Nc4ccc(C5=NCCCC5)cn4)cc(C4CCCN(C(=O)OC(C)(C)C)C4)nc23)cn1. The largest absolute Gasteiger partial charge is 0.444 e. The maximum absolute atomic E-state index is 12.9. The van der Waals surface area contributed by atoms with Crippen molar-refractivity contribution in [3.05, 3.63) is 54.2 Å². The zero-order chi connectivity index (χ0) is 28.6. The van der Waals surface area contributed by atoms with Crippen LogP contribution in [0.1, 0.15) is 70.1 Å². The third kappa shape index (κ3) is 5.94. The van der Waals surface area contributed by atoms with Crippen molar-refractivity contribution in [1.29, 1.82) is 0 Å². The van der Waals surface area contributed by atoms with Gasteiger partial charge in [0.15, 0.2) is 5.65 Å². The van der Waals surface area contributed by atoms with Crippen LogP contribution in [0.4, 0.5) is 16.4 Å². The predicted molar refractivity (Wildman–Crippen MR) is 158 cm³/mol. The van der Waals surface area contributed by atoms with Crippen molar-refractivity contribution in [2.45, 2.75) is 64.4 Å². The summed E-state index contributed by atoms with van der Waals surface area (Å²) in [4.78, 5) is 29.2. The predicted octanol–water partition coefficient (Wildman–Crippen LogP) is 5.36. The average Bonchev–Trinajstić information content (AvgIpc) is 3.59. The van der Waals surface area contributed by atoms with Crippen molar-refractivity contribution < 1.29 is 9.53 Å². The molecule has 0 saturated carbocycles. The standard InChI is InChI=1S/C30H37N9O2/c1-30(2,3)41-29(40)38-13-7-8-21(19-38)25-14-27(36-26-11-10-20(15-32-26)24-9-5-6-12-31-24)39-28(35-25)23(17-34-39)22-16-33-37(4)18-22/h10-11,14-18,21H,5-9,12-13,19H2,1-4H3,(H,32,36). The van der Waals surface area contributed by atoms with Gasteiger partial charge in [-0.3, -0.25) is 9.67 Å². The van der Waals surface area contributed by atoms with E-state index >= 15 is 0 Å². The monoisotopic (exact) mass is 555 g/mol. The number of nitrogens with zero attached hydrogens (tertiary/aromatic N) is 8. The van der Waals surface area contributed by atoms with Gasteiger partial charge in [0.1, 0.15) is 17.2 Å². The Morgan fingerprint density at radius 1 is 1.07 bits per heavy atom. The number of piperidine rings is 1. The number of hydrogen-bond donors (Lipinski definition) is 1. The van der Waals surface area contributed by atoms with E-state index in [1.165, 1.54) is 6.42 Å². The molecule has 1 atom stereocenters. The van der Waals surface area contributed by atoms with Crippen LogP contribution in [0.5, 0.6) is 0 Å². The zero-order valence-electron chi connectivity index (χ0n) is 24.2. The van der Waals surface area contributed by atoms with E-state index in [0.29, 0.717) is 18.9 Å². The van der Waals surface area contributed by atoms with E-state index in [1.54, 1.807) is 14.1 Å². The molecule has 1 fully saturated rings. The van der Waals surface area contributed by atoms with Crippen LogP contribution in [0.3, 0.4) is 0 Å². The van der Waals surface area contributed by atoms with Crippen LogP contribution in [0, 0.1) is 0 Å². The number of hydrogen-bond acceptors (Lipinski definition) is 8. The normalized spacial score (nSPS) is 17.9. The Morgan fingerprint density at radius 3 is 2.66 bits per heavy atom. The van der Waals surface area contributed by atoms with Gasteiger partial charge in [0.05, 0.1) is 18.1 Å². The second kappa shape index (κ2) is 10.9. The molecular formula is C30H37N9O2. The number of aliphatic imine (C=N–C) groups is 1. The van der Waals surface area contributed by atoms with Crippen LogP contribution in [0.25, 0.3) is 16.8 Å². The molecule has 11 nitrogen and oxygen atoms in total. The second-order valence-electron chi connectivity index (χ2n) is 11.9. The summed E-state index contributed by atoms with van der Waals surface area (Å²) in [5.41, 5.74) is 5.10. The van der Waals surface area contributed by atoms with E-state index in [-0.39, 0.29) is 12.0 Å². The lowest BCUT2D eigenvalue weighted by Crippen LogP contribution is -2.42. The maximum atomic E-state index is 12.9. The van der Waals surface area contributed by atoms with E-state index < -0.39 is 5.60 Å². The Morgan fingerprint density at radius 2 is 1.95 bits per heavy atom. The molecule has 214 valence electrons. The van der Waals surface area contributed by atoms with Crippen molar-refractivity contribution in [2.24, 2.45) is 12.0 Å². The number of aromatic nitrogens is 6. The molecule has 41 heavy (non-hydrogen) atoms. The van der Waals surface area contributed by atoms with E-state index in [0.717, 1.165) is 71.8 Å². The van der Waals surface area contributed by atoms with E-state index in [4.69, 9.17) is 14.7 Å². The van der Waals surface area contributed by atoms with Gasteiger partial charge in [0.25, 0.3) is 0 Å². The smallest absolute Gasteiger partial charge is 0.410 e. The minimum absolute atomic E-state index is 0.0538. The maximum Gasteiger partial charge on any atom is 0.410 e. The Balaban J connectivity index is 1.34. The molecule has 4 aromatic rings. The molecule has 6 rings (SSSR count). The summed E-state index contributed by atoms with van der Waals surface area (Å²) < 4.78 is 9.24. The first-order valence-electron chi connectivity index (χ1n) is 14.4. The summed E-state index contributed by atoms with van der Waals surface area (Å²) in [6.45, 7) is 7.78. The summed E-state index contributed by atoms with van der Waals surface area (Å²) in [6.07, 6.45) is 12.3. The molecule has 6 heterocycles. The molecule has 1 unspecified atom stereocenters. The van der Waals surface area contributed by atoms with Gasteiger partial charge in [-0.05, 0) is 65.0 Å². The molecular weight excluding hydrogens is 518 g/mol. The van der Waals surface area contributed by atoms with E-state index in [9.17, 15) is 4.79 Å². The minimum atomic E-state index is -0.541. The van der Waals surface area contributed by atoms with Crippen molar-refractivity contribution in [3.8, 4) is 11.1 Å². The number of fused-ring (bicyclic) bond motifs is 1. The highest BCUT2D eigenvalue weighted by Gasteiger charge is 2.30. The van der Waals surface area contributed by atoms with E-state index in [1.807, 2.05) is 64.7 Å². The fraction of sp³-hybridized carbons (Fsp3) is 0.467. The first kappa shape index (κ1) is 26.9. The summed E-state index contributed by atoms with van der Waals surface area (Å²) >= 11 is 0. The van der Waals surface area contributed by atoms with Crippen LogP contribution in [-0.2, 0) is 11.8 Å². The average molecular weight is 556 g/mol. The van der Waals surface area contributed by atoms with Crippen molar-refractivity contribution in [3.63, 3.8) is 0 Å². The third-order valence-electron chi connectivity index (χ3n) is 7.48. The van der Waals surface area contributed by atoms with Gasteiger partial charge in [-0.25, -0.2) is 14.8 Å². The Labute approximate surface area is 239 Å². The van der Waals surface area contributed by atoms with Gasteiger partial charge in [0.2, 0.25) is 0 Å². The highest BCUT2D eigenvalue weighted by atomic mass is 16.6. The number of amides is 1. The topological polar surface area (TPSA) is 115 Å². The second-order valence-corrected chi connectivity index (χ2v) is 11.9. The van der Waals surface area contributed by atoms with E-state index in [2.05, 4.69) is 26.6 Å². The number of aryl methyl sites for hydroxylation is 1. The van der Waals surface area contributed by atoms with Gasteiger partial charge in [-0.2, -0.15) is 14.7 Å². The highest BCUT2D eigenvalue weighted by molar-refractivity contribution is 6.00. The molecule has 1 saturated heterocycles. The van der Waals surface area contributed by atoms with Crippen LogP contribution < -0.4 is 5.32 Å². The van der Waals surface area contributed by atoms with Gasteiger partial charge in [-0.15, -0.1) is 0 Å². The fourth-order valence-electron chi connectivity index (χ4n) is 5.46. The number of ether oxygens (including phenoxy) is 1. The van der Waals surface area contributed by atoms with Crippen molar-refractivity contribution in [2.75, 3.05) is 25.0 Å². The summed E-state index contributed by atoms with van der Waals surface area (Å²) in [6, 6.07) is 6.08. The fourth-order valence-corrected chi connectivity index (χ4v) is 5.46. The van der Waals surface area contributed by atoms with Crippen LogP contribution in [-0.4, -0.2) is 71.3 Å². The third-order valence-corrected chi connectivity index (χ3v) is 7.48. The molecule has 0 spiro atoms. The molecule has 4 aromatic heterocycles. The molecule has 0 aliphatic carbocycles. The highest BCUT2D eigenvalue weighted by Crippen LogP contribution is 2.32. The van der Waals surface area contributed by atoms with Gasteiger partial charge in [0, 0.05) is 73.5 Å². The quantitative estimate of drug-likeness (QED) is 0.353. The summed E-state index contributed by atoms with van der Waals surface area (Å²) in [5.74, 6) is 1.52. The van der Waals surface area contributed by atoms with Crippen LogP contribution in [0.15, 0.2) is 48.0 Å². The molecule has 0 radical (unpaired) electrons. The minimum Gasteiger partial charge on any atom is -0.444 e. The number of anilines is 2. The first-order chi connectivity index (χ1) is 19.7. The number of pyridine rings is 1. The molecule has 11 heteroatoms. The Bertz CT molecular complexity index is 1580. The van der Waals surface area contributed by atoms with Gasteiger partial charge >= 0.3 is 6.09 Å². The van der Waals surface area contributed by atoms with Crippen LogP contribution in [0.2, 0.25) is 0 Å². The molecule has 2 aliphatic rings. The lowest BCUT2D eigenvalue weighted by molar-refractivity contribution is 0.0197. The van der Waals surface area contributed by atoms with Gasteiger partial charge in [-0.1, -0.05) is 0 Å². The molecule has 0 bridgehead atoms. The first-order valence-corrected chi connectivity index (χ1v) is 14.4. The lowest BCUT2D eigenvalue weighted by Gasteiger charge is -2.34. The molecule has 1 amide bonds. The molecule has 0 aromatic carbocycles. The zero-order valence-corrected chi connectivity index (χ0v) is 24.2. The molecule has 2 aliphatic heterocycles. The number of nitrogens with one attached hydrogen (secondary N) is 1. The summed E-state index contributed by atoms with van der Waals surface area (Å²) in [5, 5.41) is 12.5. The Kier molecular flexibility index (Phi) is 7.19. The number of carbonyl (C=O) groups is 1. The number of carbonyl (C=O) groups excluding carboxylic acids is 1.